The third-order valence-corrected chi connectivity index (χ3v) is 6.24. The Morgan fingerprint density at radius 2 is 1.79 bits per heavy atom. The fourth-order valence-corrected chi connectivity index (χ4v) is 4.73. The Bertz CT molecular complexity index is 673. The van der Waals surface area contributed by atoms with Crippen molar-refractivity contribution >= 4 is 5.91 Å². The van der Waals surface area contributed by atoms with E-state index in [2.05, 4.69) is 10.3 Å². The van der Waals surface area contributed by atoms with Crippen molar-refractivity contribution in [1.29, 1.82) is 0 Å². The molecule has 1 amide bonds. The van der Waals surface area contributed by atoms with Crippen LogP contribution in [0.15, 0.2) is 10.9 Å². The minimum atomic E-state index is -0.219. The Morgan fingerprint density at radius 3 is 2.62 bits per heavy atom. The molecule has 1 aromatic heterocycles. The van der Waals surface area contributed by atoms with Crippen LogP contribution in [0.25, 0.3) is 0 Å². The van der Waals surface area contributed by atoms with E-state index < -0.39 is 0 Å². The summed E-state index contributed by atoms with van der Waals surface area (Å²) in [5.41, 5.74) is 2.30. The van der Waals surface area contributed by atoms with Crippen LogP contribution in [0.2, 0.25) is 0 Å². The SMILES string of the molecule is O=C(NC1CC1C1CCCCC1)c1cc2c([nH]c1=O)CCCCC2. The van der Waals surface area contributed by atoms with Crippen LogP contribution in [0.3, 0.4) is 0 Å². The molecular weight excluding hydrogens is 300 g/mol. The normalized spacial score (nSPS) is 27.2. The molecule has 3 aliphatic rings. The average molecular weight is 328 g/mol. The van der Waals surface area contributed by atoms with Crippen molar-refractivity contribution in [3.8, 4) is 0 Å². The van der Waals surface area contributed by atoms with E-state index in [1.807, 2.05) is 6.07 Å². The number of fused-ring (bicyclic) bond motifs is 1. The number of carbonyl (C=O) groups excluding carboxylic acids is 1. The lowest BCUT2D eigenvalue weighted by Crippen LogP contribution is -2.33. The van der Waals surface area contributed by atoms with Crippen LogP contribution in [-0.4, -0.2) is 16.9 Å². The maximum absolute atomic E-state index is 12.6. The van der Waals surface area contributed by atoms with E-state index in [0.717, 1.165) is 49.3 Å². The van der Waals surface area contributed by atoms with E-state index in [4.69, 9.17) is 0 Å². The molecule has 4 rings (SSSR count). The van der Waals surface area contributed by atoms with Gasteiger partial charge in [0.1, 0.15) is 5.56 Å². The van der Waals surface area contributed by atoms with Crippen molar-refractivity contribution in [2.45, 2.75) is 76.7 Å². The van der Waals surface area contributed by atoms with E-state index in [1.165, 1.54) is 38.5 Å². The Kier molecular flexibility index (Phi) is 4.47. The minimum Gasteiger partial charge on any atom is -0.349 e. The van der Waals surface area contributed by atoms with E-state index >= 15 is 0 Å². The number of aromatic amines is 1. The van der Waals surface area contributed by atoms with Crippen LogP contribution in [0.4, 0.5) is 0 Å². The molecule has 0 aromatic carbocycles. The second-order valence-electron chi connectivity index (χ2n) is 7.95. The summed E-state index contributed by atoms with van der Waals surface area (Å²) in [6, 6.07) is 2.14. The van der Waals surface area contributed by atoms with E-state index in [0.29, 0.717) is 17.5 Å². The third-order valence-electron chi connectivity index (χ3n) is 6.24. The molecule has 1 heterocycles. The number of pyridine rings is 1. The molecule has 24 heavy (non-hydrogen) atoms. The van der Waals surface area contributed by atoms with Crippen LogP contribution in [0, 0.1) is 11.8 Å². The first-order valence-electron chi connectivity index (χ1n) is 9.78. The molecule has 4 nitrogen and oxygen atoms in total. The van der Waals surface area contributed by atoms with Gasteiger partial charge in [-0.2, -0.15) is 0 Å². The third kappa shape index (κ3) is 3.28. The summed E-state index contributed by atoms with van der Waals surface area (Å²) in [5, 5.41) is 3.12. The second kappa shape index (κ2) is 6.73. The number of amides is 1. The van der Waals surface area contributed by atoms with Crippen molar-refractivity contribution in [2.75, 3.05) is 0 Å². The first-order chi connectivity index (χ1) is 11.7. The monoisotopic (exact) mass is 328 g/mol. The molecule has 0 spiro atoms. The van der Waals surface area contributed by atoms with Gasteiger partial charge in [-0.15, -0.1) is 0 Å². The molecule has 0 radical (unpaired) electrons. The number of rotatable bonds is 3. The molecule has 2 atom stereocenters. The van der Waals surface area contributed by atoms with Crippen molar-refractivity contribution in [3.05, 3.63) is 33.2 Å². The van der Waals surface area contributed by atoms with Gasteiger partial charge in [-0.25, -0.2) is 0 Å². The molecule has 0 aliphatic heterocycles. The van der Waals surface area contributed by atoms with Gasteiger partial charge in [0.25, 0.3) is 11.5 Å². The predicted molar refractivity (Wildman–Crippen MR) is 94.3 cm³/mol. The number of H-pyrrole nitrogens is 1. The molecule has 2 unspecified atom stereocenters. The highest BCUT2D eigenvalue weighted by molar-refractivity contribution is 5.94. The van der Waals surface area contributed by atoms with Crippen LogP contribution >= 0.6 is 0 Å². The average Bonchev–Trinajstić information content (AvgIpc) is 3.38. The molecule has 2 fully saturated rings. The zero-order chi connectivity index (χ0) is 16.5. The highest BCUT2D eigenvalue weighted by atomic mass is 16.2. The summed E-state index contributed by atoms with van der Waals surface area (Å²) >= 11 is 0. The Hall–Kier alpha value is -1.58. The van der Waals surface area contributed by atoms with Gasteiger partial charge in [0, 0.05) is 11.7 Å². The highest BCUT2D eigenvalue weighted by Crippen LogP contribution is 2.44. The number of aryl methyl sites for hydroxylation is 2. The van der Waals surface area contributed by atoms with Crippen LogP contribution < -0.4 is 10.9 Å². The van der Waals surface area contributed by atoms with Gasteiger partial charge >= 0.3 is 0 Å². The molecule has 1 aromatic rings. The van der Waals surface area contributed by atoms with E-state index in [9.17, 15) is 9.59 Å². The van der Waals surface area contributed by atoms with E-state index in [-0.39, 0.29) is 11.5 Å². The maximum Gasteiger partial charge on any atom is 0.261 e. The molecule has 130 valence electrons. The smallest absolute Gasteiger partial charge is 0.261 e. The van der Waals surface area contributed by atoms with Crippen LogP contribution in [0.1, 0.15) is 79.4 Å². The first kappa shape index (κ1) is 15.9. The molecule has 4 heteroatoms. The summed E-state index contributed by atoms with van der Waals surface area (Å²) in [6.45, 7) is 0. The Labute approximate surface area is 143 Å². The summed E-state index contributed by atoms with van der Waals surface area (Å²) in [6.07, 6.45) is 13.1. The molecule has 3 aliphatic carbocycles. The lowest BCUT2D eigenvalue weighted by Gasteiger charge is -2.21. The van der Waals surface area contributed by atoms with E-state index in [1.54, 1.807) is 0 Å². The Morgan fingerprint density at radius 1 is 1.04 bits per heavy atom. The molecule has 2 saturated carbocycles. The first-order valence-corrected chi connectivity index (χ1v) is 9.78. The van der Waals surface area contributed by atoms with Gasteiger partial charge in [0.15, 0.2) is 0 Å². The van der Waals surface area contributed by atoms with Gasteiger partial charge in [0.2, 0.25) is 0 Å². The maximum atomic E-state index is 12.6. The number of hydrogen-bond donors (Lipinski definition) is 2. The summed E-state index contributed by atoms with van der Waals surface area (Å²) in [5.74, 6) is 1.26. The number of carbonyl (C=O) groups is 1. The fraction of sp³-hybridized carbons (Fsp3) is 0.700. The molecular formula is C20H28N2O2. The lowest BCUT2D eigenvalue weighted by molar-refractivity contribution is 0.0945. The summed E-state index contributed by atoms with van der Waals surface area (Å²) < 4.78 is 0. The van der Waals surface area contributed by atoms with Gasteiger partial charge in [0.05, 0.1) is 0 Å². The predicted octanol–water partition coefficient (Wildman–Crippen LogP) is 3.34. The van der Waals surface area contributed by atoms with Gasteiger partial charge in [-0.1, -0.05) is 38.5 Å². The number of hydrogen-bond acceptors (Lipinski definition) is 2. The molecule has 2 N–H and O–H groups in total. The highest BCUT2D eigenvalue weighted by Gasteiger charge is 2.44. The standard InChI is InChI=1S/C20H28N2O2/c23-19-16(11-14-9-5-2-6-10-17(14)21-19)20(24)22-18-12-15(18)13-7-3-1-4-8-13/h11,13,15,18H,1-10,12H2,(H,21,23)(H,22,24). The quantitative estimate of drug-likeness (QED) is 0.836. The zero-order valence-corrected chi connectivity index (χ0v) is 14.4. The Balaban J connectivity index is 1.43. The van der Waals surface area contributed by atoms with Crippen molar-refractivity contribution in [3.63, 3.8) is 0 Å². The van der Waals surface area contributed by atoms with Crippen molar-refractivity contribution < 1.29 is 4.79 Å². The molecule has 0 saturated heterocycles. The van der Waals surface area contributed by atoms with Crippen molar-refractivity contribution in [1.82, 2.24) is 10.3 Å². The fourth-order valence-electron chi connectivity index (χ4n) is 4.73. The zero-order valence-electron chi connectivity index (χ0n) is 14.4. The van der Waals surface area contributed by atoms with Crippen LogP contribution in [0.5, 0.6) is 0 Å². The summed E-state index contributed by atoms with van der Waals surface area (Å²) in [7, 11) is 0. The number of nitrogens with one attached hydrogen (secondary N) is 2. The lowest BCUT2D eigenvalue weighted by atomic mass is 9.85. The number of aromatic nitrogens is 1. The largest absolute Gasteiger partial charge is 0.349 e. The summed E-state index contributed by atoms with van der Waals surface area (Å²) in [4.78, 5) is 27.9. The molecule has 0 bridgehead atoms. The minimum absolute atomic E-state index is 0.174. The van der Waals surface area contributed by atoms with Gasteiger partial charge in [-0.3, -0.25) is 9.59 Å². The van der Waals surface area contributed by atoms with Crippen molar-refractivity contribution in [2.24, 2.45) is 11.8 Å². The van der Waals surface area contributed by atoms with Gasteiger partial charge in [-0.05, 0) is 55.6 Å². The topological polar surface area (TPSA) is 62.0 Å². The van der Waals surface area contributed by atoms with Gasteiger partial charge < -0.3 is 10.3 Å². The van der Waals surface area contributed by atoms with Crippen LogP contribution in [-0.2, 0) is 12.8 Å². The second-order valence-corrected chi connectivity index (χ2v) is 7.95.